The van der Waals surface area contributed by atoms with E-state index < -0.39 is 0 Å². The molecule has 0 saturated heterocycles. The first-order chi connectivity index (χ1) is 9.22. The number of ether oxygens (including phenoxy) is 1. The van der Waals surface area contributed by atoms with Crippen molar-refractivity contribution in [1.82, 2.24) is 15.0 Å². The van der Waals surface area contributed by atoms with Crippen LogP contribution >= 0.6 is 11.6 Å². The van der Waals surface area contributed by atoms with Gasteiger partial charge in [-0.2, -0.15) is 0 Å². The molecule has 2 N–H and O–H groups in total. The summed E-state index contributed by atoms with van der Waals surface area (Å²) < 4.78 is 5.62. The van der Waals surface area contributed by atoms with Crippen LogP contribution < -0.4 is 10.5 Å². The Balaban J connectivity index is 2.00. The largest absolute Gasteiger partial charge is 0.439 e. The van der Waals surface area contributed by atoms with Gasteiger partial charge in [0, 0.05) is 11.1 Å². The van der Waals surface area contributed by atoms with Crippen molar-refractivity contribution in [2.75, 3.05) is 5.73 Å². The average Bonchev–Trinajstić information content (AvgIpc) is 2.40. The molecule has 0 fully saturated rings. The summed E-state index contributed by atoms with van der Waals surface area (Å²) in [5.41, 5.74) is 6.94. The highest BCUT2D eigenvalue weighted by molar-refractivity contribution is 6.30. The van der Waals surface area contributed by atoms with Crippen LogP contribution in [-0.2, 0) is 0 Å². The molecule has 1 aromatic carbocycles. The average molecular weight is 273 g/mol. The molecule has 19 heavy (non-hydrogen) atoms. The highest BCUT2D eigenvalue weighted by Gasteiger charge is 2.05. The van der Waals surface area contributed by atoms with Gasteiger partial charge in [-0.3, -0.25) is 0 Å². The van der Waals surface area contributed by atoms with Gasteiger partial charge in [0.15, 0.2) is 5.82 Å². The molecule has 0 saturated carbocycles. The molecule has 94 valence electrons. The number of nitrogen functional groups attached to an aromatic ring is 1. The molecule has 0 aliphatic carbocycles. The first kappa shape index (κ1) is 11.7. The quantitative estimate of drug-likeness (QED) is 0.776. The number of nitrogens with zero attached hydrogens (tertiary/aromatic N) is 3. The van der Waals surface area contributed by atoms with E-state index in [-0.39, 0.29) is 0 Å². The van der Waals surface area contributed by atoms with Crippen LogP contribution in [0.25, 0.3) is 11.0 Å². The van der Waals surface area contributed by atoms with Gasteiger partial charge in [0.2, 0.25) is 5.88 Å². The SMILES string of the molecule is Nc1ncnc2ccc(Oc3cccc(Cl)c3)nc12. The van der Waals surface area contributed by atoms with Crippen molar-refractivity contribution in [2.45, 2.75) is 0 Å². The number of anilines is 1. The lowest BCUT2D eigenvalue weighted by atomic mass is 10.3. The third-order valence-corrected chi connectivity index (χ3v) is 2.74. The highest BCUT2D eigenvalue weighted by atomic mass is 35.5. The van der Waals surface area contributed by atoms with Gasteiger partial charge in [-0.05, 0) is 24.3 Å². The summed E-state index contributed by atoms with van der Waals surface area (Å²) >= 11 is 5.89. The van der Waals surface area contributed by atoms with E-state index >= 15 is 0 Å². The minimum absolute atomic E-state index is 0.321. The fraction of sp³-hybridized carbons (Fsp3) is 0. The van der Waals surface area contributed by atoms with Crippen LogP contribution in [0.2, 0.25) is 5.02 Å². The van der Waals surface area contributed by atoms with Gasteiger partial charge in [0.05, 0.1) is 5.52 Å². The maximum absolute atomic E-state index is 5.89. The number of hydrogen-bond acceptors (Lipinski definition) is 5. The van der Waals surface area contributed by atoms with Gasteiger partial charge in [0.1, 0.15) is 17.6 Å². The molecule has 3 aromatic rings. The first-order valence-electron chi connectivity index (χ1n) is 5.53. The normalized spacial score (nSPS) is 10.6. The number of rotatable bonds is 2. The maximum atomic E-state index is 5.89. The van der Waals surface area contributed by atoms with Crippen LogP contribution in [0.4, 0.5) is 5.82 Å². The molecule has 3 rings (SSSR count). The maximum Gasteiger partial charge on any atom is 0.220 e. The van der Waals surface area contributed by atoms with Crippen LogP contribution in [0.3, 0.4) is 0 Å². The van der Waals surface area contributed by atoms with E-state index in [0.717, 1.165) is 0 Å². The van der Waals surface area contributed by atoms with Crippen molar-refractivity contribution in [3.05, 3.63) is 47.7 Å². The predicted octanol–water partition coefficient (Wildman–Crippen LogP) is 3.05. The third-order valence-electron chi connectivity index (χ3n) is 2.50. The number of fused-ring (bicyclic) bond motifs is 1. The topological polar surface area (TPSA) is 73.9 Å². The van der Waals surface area contributed by atoms with Crippen molar-refractivity contribution in [2.24, 2.45) is 0 Å². The summed E-state index contributed by atoms with van der Waals surface area (Å²) in [6.07, 6.45) is 1.40. The van der Waals surface area contributed by atoms with Gasteiger partial charge in [0.25, 0.3) is 0 Å². The van der Waals surface area contributed by atoms with Crippen LogP contribution in [-0.4, -0.2) is 15.0 Å². The molecule has 0 radical (unpaired) electrons. The number of benzene rings is 1. The molecule has 6 heteroatoms. The zero-order valence-electron chi connectivity index (χ0n) is 9.75. The summed E-state index contributed by atoms with van der Waals surface area (Å²) in [4.78, 5) is 12.3. The Hall–Kier alpha value is -2.40. The molecule has 0 atom stereocenters. The number of nitrogens with two attached hydrogens (primary N) is 1. The zero-order chi connectivity index (χ0) is 13.2. The zero-order valence-corrected chi connectivity index (χ0v) is 10.5. The third kappa shape index (κ3) is 2.41. The minimum Gasteiger partial charge on any atom is -0.439 e. The smallest absolute Gasteiger partial charge is 0.220 e. The molecule has 0 unspecified atom stereocenters. The lowest BCUT2D eigenvalue weighted by molar-refractivity contribution is 0.465. The summed E-state index contributed by atoms with van der Waals surface area (Å²) in [6, 6.07) is 10.6. The standard InChI is InChI=1S/C13H9ClN4O/c14-8-2-1-3-9(6-8)19-11-5-4-10-12(18-11)13(15)17-7-16-10/h1-7H,(H2,15,16,17). The molecule has 5 nitrogen and oxygen atoms in total. The molecule has 0 aliphatic rings. The van der Waals surface area contributed by atoms with Crippen LogP contribution in [0.1, 0.15) is 0 Å². The van der Waals surface area contributed by atoms with Crippen LogP contribution in [0, 0.1) is 0 Å². The Morgan fingerprint density at radius 1 is 1.11 bits per heavy atom. The lowest BCUT2D eigenvalue weighted by Gasteiger charge is -2.06. The van der Waals surface area contributed by atoms with Crippen LogP contribution in [0.15, 0.2) is 42.7 Å². The van der Waals surface area contributed by atoms with Crippen molar-refractivity contribution in [3.8, 4) is 11.6 Å². The fourth-order valence-corrected chi connectivity index (χ4v) is 1.83. The van der Waals surface area contributed by atoms with Gasteiger partial charge >= 0.3 is 0 Å². The van der Waals surface area contributed by atoms with Gasteiger partial charge in [-0.1, -0.05) is 17.7 Å². The van der Waals surface area contributed by atoms with Gasteiger partial charge < -0.3 is 10.5 Å². The minimum atomic E-state index is 0.321. The van der Waals surface area contributed by atoms with Crippen molar-refractivity contribution < 1.29 is 4.74 Å². The number of pyridine rings is 1. The lowest BCUT2D eigenvalue weighted by Crippen LogP contribution is -1.96. The number of aromatic nitrogens is 3. The molecule has 0 aliphatic heterocycles. The van der Waals surface area contributed by atoms with E-state index in [2.05, 4.69) is 15.0 Å². The molecule has 2 heterocycles. The summed E-state index contributed by atoms with van der Waals surface area (Å²) in [5, 5.41) is 0.598. The monoisotopic (exact) mass is 272 g/mol. The molecule has 2 aromatic heterocycles. The molecule has 0 amide bonds. The van der Waals surface area contributed by atoms with Crippen molar-refractivity contribution in [1.29, 1.82) is 0 Å². The second kappa shape index (κ2) is 4.70. The predicted molar refractivity (Wildman–Crippen MR) is 73.3 cm³/mol. The van der Waals surface area contributed by atoms with E-state index in [4.69, 9.17) is 22.1 Å². The van der Waals surface area contributed by atoms with E-state index in [1.165, 1.54) is 6.33 Å². The second-order valence-electron chi connectivity index (χ2n) is 3.84. The Morgan fingerprint density at radius 3 is 2.84 bits per heavy atom. The molecule has 0 bridgehead atoms. The Morgan fingerprint density at radius 2 is 2.00 bits per heavy atom. The van der Waals surface area contributed by atoms with E-state index in [9.17, 15) is 0 Å². The second-order valence-corrected chi connectivity index (χ2v) is 4.27. The summed E-state index contributed by atoms with van der Waals surface area (Å²) in [5.74, 6) is 1.34. The Bertz CT molecular complexity index is 748. The van der Waals surface area contributed by atoms with E-state index in [1.54, 1.807) is 36.4 Å². The number of halogens is 1. The summed E-state index contributed by atoms with van der Waals surface area (Å²) in [7, 11) is 0. The van der Waals surface area contributed by atoms with Crippen LogP contribution in [0.5, 0.6) is 11.6 Å². The van der Waals surface area contributed by atoms with Gasteiger partial charge in [-0.15, -0.1) is 0 Å². The summed E-state index contributed by atoms with van der Waals surface area (Å²) in [6.45, 7) is 0. The number of hydrogen-bond donors (Lipinski definition) is 1. The molecular formula is C13H9ClN4O. The molecule has 0 spiro atoms. The molecular weight excluding hydrogens is 264 g/mol. The van der Waals surface area contributed by atoms with Crippen molar-refractivity contribution >= 4 is 28.5 Å². The van der Waals surface area contributed by atoms with E-state index in [0.29, 0.717) is 33.5 Å². The highest BCUT2D eigenvalue weighted by Crippen LogP contribution is 2.25. The van der Waals surface area contributed by atoms with E-state index in [1.807, 2.05) is 0 Å². The van der Waals surface area contributed by atoms with Gasteiger partial charge in [-0.25, -0.2) is 15.0 Å². The Kier molecular flexibility index (Phi) is 2.89. The first-order valence-corrected chi connectivity index (χ1v) is 5.91. The Labute approximate surface area is 114 Å². The fourth-order valence-electron chi connectivity index (χ4n) is 1.65. The van der Waals surface area contributed by atoms with Crippen molar-refractivity contribution in [3.63, 3.8) is 0 Å².